The maximum Gasteiger partial charge on any atom is 0.428 e. The van der Waals surface area contributed by atoms with Gasteiger partial charge in [0.1, 0.15) is 0 Å². The van der Waals surface area contributed by atoms with E-state index < -0.39 is 17.7 Å². The molecule has 0 aromatic heterocycles. The van der Waals surface area contributed by atoms with E-state index in [4.69, 9.17) is 39.6 Å². The van der Waals surface area contributed by atoms with Crippen LogP contribution >= 0.6 is 46.6 Å². The summed E-state index contributed by atoms with van der Waals surface area (Å²) < 4.78 is 43.4. The number of alkyl halides is 3. The molecule has 1 aliphatic rings. The summed E-state index contributed by atoms with van der Waals surface area (Å²) in [6, 6.07) is 11.8. The number of hydrogen-bond donors (Lipinski definition) is 3. The van der Waals surface area contributed by atoms with Crippen LogP contribution < -0.4 is 16.1 Å². The average Bonchev–Trinajstić information content (AvgIpc) is 3.36. The SMILES string of the molecule is CSCCNC(=O)CNC(=O)c1ccc(C2=CC(c3cc(Cl)c(Cl)c(Cl)c3)(C(F)(F)F)ON2)c2ccccc12. The van der Waals surface area contributed by atoms with Crippen molar-refractivity contribution in [2.45, 2.75) is 11.8 Å². The predicted octanol–water partition coefficient (Wildman–Crippen LogP) is 6.34. The van der Waals surface area contributed by atoms with Crippen molar-refractivity contribution in [2.24, 2.45) is 0 Å². The van der Waals surface area contributed by atoms with Crippen molar-refractivity contribution in [2.75, 3.05) is 25.1 Å². The van der Waals surface area contributed by atoms with Crippen LogP contribution in [-0.2, 0) is 15.2 Å². The summed E-state index contributed by atoms with van der Waals surface area (Å²) >= 11 is 19.6. The highest BCUT2D eigenvalue weighted by molar-refractivity contribution is 7.98. The van der Waals surface area contributed by atoms with Gasteiger partial charge < -0.3 is 10.6 Å². The Bertz CT molecular complexity index is 1450. The number of rotatable bonds is 8. The molecule has 1 aliphatic heterocycles. The van der Waals surface area contributed by atoms with Crippen molar-refractivity contribution in [1.29, 1.82) is 0 Å². The first-order chi connectivity index (χ1) is 18.5. The fraction of sp³-hybridized carbons (Fsp3) is 0.231. The first-order valence-electron chi connectivity index (χ1n) is 11.4. The van der Waals surface area contributed by atoms with Crippen LogP contribution in [0, 0.1) is 0 Å². The second kappa shape index (κ2) is 11.9. The second-order valence-electron chi connectivity index (χ2n) is 8.48. The highest BCUT2D eigenvalue weighted by Crippen LogP contribution is 2.49. The number of nitrogens with one attached hydrogen (secondary N) is 3. The van der Waals surface area contributed by atoms with E-state index in [2.05, 4.69) is 16.1 Å². The van der Waals surface area contributed by atoms with Crippen molar-refractivity contribution >= 4 is 74.8 Å². The van der Waals surface area contributed by atoms with Gasteiger partial charge in [-0.2, -0.15) is 24.9 Å². The van der Waals surface area contributed by atoms with Gasteiger partial charge in [0.15, 0.2) is 0 Å². The van der Waals surface area contributed by atoms with Crippen molar-refractivity contribution in [3.63, 3.8) is 0 Å². The lowest BCUT2D eigenvalue weighted by Gasteiger charge is -2.29. The summed E-state index contributed by atoms with van der Waals surface area (Å²) in [6.07, 6.45) is -2.10. The molecule has 3 N–H and O–H groups in total. The molecule has 1 heterocycles. The molecule has 0 radical (unpaired) electrons. The highest BCUT2D eigenvalue weighted by atomic mass is 35.5. The first-order valence-corrected chi connectivity index (χ1v) is 14.0. The van der Waals surface area contributed by atoms with Gasteiger partial charge in [-0.25, -0.2) is 0 Å². The molecule has 3 aromatic carbocycles. The number of halogens is 6. The Labute approximate surface area is 241 Å². The minimum atomic E-state index is -4.91. The second-order valence-corrected chi connectivity index (χ2v) is 10.7. The van der Waals surface area contributed by atoms with Crippen molar-refractivity contribution < 1.29 is 27.6 Å². The van der Waals surface area contributed by atoms with Crippen LogP contribution in [0.4, 0.5) is 13.2 Å². The molecule has 3 aromatic rings. The van der Waals surface area contributed by atoms with E-state index in [1.807, 2.05) is 6.26 Å². The Morgan fingerprint density at radius 1 is 1.03 bits per heavy atom. The lowest BCUT2D eigenvalue weighted by atomic mass is 9.90. The molecule has 0 saturated carbocycles. The minimum absolute atomic E-state index is 0.0193. The molecule has 0 aliphatic carbocycles. The van der Waals surface area contributed by atoms with Gasteiger partial charge in [-0.1, -0.05) is 65.1 Å². The number of carbonyl (C=O) groups excluding carboxylic acids is 2. The average molecular weight is 619 g/mol. The number of carbonyl (C=O) groups is 2. The number of benzene rings is 3. The van der Waals surface area contributed by atoms with Crippen LogP contribution in [0.25, 0.3) is 16.5 Å². The van der Waals surface area contributed by atoms with Gasteiger partial charge >= 0.3 is 6.18 Å². The van der Waals surface area contributed by atoms with Gasteiger partial charge in [-0.3, -0.25) is 19.9 Å². The summed E-state index contributed by atoms with van der Waals surface area (Å²) in [7, 11) is 0. The first kappa shape index (κ1) is 29.4. The number of hydroxylamine groups is 1. The summed E-state index contributed by atoms with van der Waals surface area (Å²) in [5, 5.41) is 5.84. The normalized spacial score (nSPS) is 17.1. The number of fused-ring (bicyclic) bond motifs is 1. The Morgan fingerprint density at radius 2 is 1.69 bits per heavy atom. The van der Waals surface area contributed by atoms with Crippen LogP contribution in [0.1, 0.15) is 21.5 Å². The smallest absolute Gasteiger partial charge is 0.354 e. The molecule has 206 valence electrons. The van der Waals surface area contributed by atoms with Crippen molar-refractivity contribution in [3.05, 3.63) is 86.4 Å². The number of thioether (sulfide) groups is 1. The Balaban J connectivity index is 1.70. The van der Waals surface area contributed by atoms with Gasteiger partial charge in [0, 0.05) is 29.0 Å². The molecule has 1 unspecified atom stereocenters. The predicted molar refractivity (Wildman–Crippen MR) is 149 cm³/mol. The fourth-order valence-electron chi connectivity index (χ4n) is 4.09. The third kappa shape index (κ3) is 5.95. The molecule has 4 rings (SSSR count). The van der Waals surface area contributed by atoms with E-state index in [0.717, 1.165) is 24.0 Å². The van der Waals surface area contributed by atoms with Gasteiger partial charge in [-0.15, -0.1) is 0 Å². The standard InChI is InChI=1S/C26H21Cl3F3N3O3S/c1-39-9-8-33-22(36)13-34-24(37)18-7-6-17(15-4-2-3-5-16(15)18)21-12-25(38-35-21,26(30,31)32)14-10-19(27)23(29)20(28)11-14/h2-7,10-12,35H,8-9,13H2,1H3,(H,33,36)(H,34,37). The lowest BCUT2D eigenvalue weighted by molar-refractivity contribution is -0.269. The summed E-state index contributed by atoms with van der Waals surface area (Å²) in [5.41, 5.74) is -0.260. The van der Waals surface area contributed by atoms with Crippen LogP contribution in [0.2, 0.25) is 15.1 Å². The van der Waals surface area contributed by atoms with Gasteiger partial charge in [-0.05, 0) is 41.3 Å². The Kier molecular flexibility index (Phi) is 8.92. The molecular weight excluding hydrogens is 598 g/mol. The van der Waals surface area contributed by atoms with E-state index in [1.165, 1.54) is 12.1 Å². The summed E-state index contributed by atoms with van der Waals surface area (Å²) in [4.78, 5) is 30.1. The number of hydrogen-bond acceptors (Lipinski definition) is 5. The summed E-state index contributed by atoms with van der Waals surface area (Å²) in [5.74, 6) is -0.0910. The quantitative estimate of drug-likeness (QED) is 0.203. The van der Waals surface area contributed by atoms with Gasteiger partial charge in [0.05, 0.1) is 27.3 Å². The van der Waals surface area contributed by atoms with E-state index >= 15 is 0 Å². The molecule has 39 heavy (non-hydrogen) atoms. The lowest BCUT2D eigenvalue weighted by Crippen LogP contribution is -2.42. The molecule has 6 nitrogen and oxygen atoms in total. The molecule has 1 atom stereocenters. The zero-order chi connectivity index (χ0) is 28.4. The largest absolute Gasteiger partial charge is 0.428 e. The maximum atomic E-state index is 14.5. The molecular formula is C26H21Cl3F3N3O3S. The minimum Gasteiger partial charge on any atom is -0.354 e. The fourth-order valence-corrected chi connectivity index (χ4v) is 4.99. The topological polar surface area (TPSA) is 79.5 Å². The van der Waals surface area contributed by atoms with E-state index in [0.29, 0.717) is 22.9 Å². The maximum absolute atomic E-state index is 14.5. The van der Waals surface area contributed by atoms with Gasteiger partial charge in [0.25, 0.3) is 5.91 Å². The highest BCUT2D eigenvalue weighted by Gasteiger charge is 2.60. The van der Waals surface area contributed by atoms with Crippen molar-refractivity contribution in [3.8, 4) is 0 Å². The Hall–Kier alpha value is -2.63. The summed E-state index contributed by atoms with van der Waals surface area (Å²) in [6.45, 7) is 0.260. The van der Waals surface area contributed by atoms with E-state index in [1.54, 1.807) is 36.0 Å². The molecule has 13 heteroatoms. The van der Waals surface area contributed by atoms with Crippen LogP contribution in [0.3, 0.4) is 0 Å². The molecule has 2 amide bonds. The third-order valence-electron chi connectivity index (χ3n) is 6.00. The van der Waals surface area contributed by atoms with Crippen LogP contribution in [-0.4, -0.2) is 43.1 Å². The monoisotopic (exact) mass is 617 g/mol. The molecule has 0 fully saturated rings. The zero-order valence-electron chi connectivity index (χ0n) is 20.2. The molecule has 0 bridgehead atoms. The number of amides is 2. The van der Waals surface area contributed by atoms with E-state index in [9.17, 15) is 22.8 Å². The third-order valence-corrected chi connectivity index (χ3v) is 7.81. The molecule has 0 saturated heterocycles. The zero-order valence-corrected chi connectivity index (χ0v) is 23.3. The van der Waals surface area contributed by atoms with Crippen LogP contribution in [0.5, 0.6) is 0 Å². The van der Waals surface area contributed by atoms with Crippen LogP contribution in [0.15, 0.2) is 54.6 Å². The van der Waals surface area contributed by atoms with E-state index in [-0.39, 0.29) is 44.3 Å². The molecule has 0 spiro atoms. The Morgan fingerprint density at radius 3 is 2.33 bits per heavy atom. The van der Waals surface area contributed by atoms with Gasteiger partial charge in [0.2, 0.25) is 11.5 Å². The van der Waals surface area contributed by atoms with Crippen molar-refractivity contribution in [1.82, 2.24) is 16.1 Å².